The Kier molecular flexibility index (Phi) is 4.21. The summed E-state index contributed by atoms with van der Waals surface area (Å²) in [6.07, 6.45) is 9.69. The fraction of sp³-hybridized carbons (Fsp3) is 0.692. The van der Waals surface area contributed by atoms with Crippen LogP contribution in [0.3, 0.4) is 0 Å². The standard InChI is InChI=1S/C13H19ClN2O/c1-16-13(11(14)9-15-16)12(17)8-10-6-4-2-3-5-7-10/h9-10H,2-8H2,1H3. The van der Waals surface area contributed by atoms with Crippen molar-refractivity contribution >= 4 is 17.4 Å². The number of Topliss-reactive ketones (excluding diaryl/α,β-unsaturated/α-hetero) is 1. The molecule has 0 aliphatic heterocycles. The second kappa shape index (κ2) is 5.67. The fourth-order valence-corrected chi connectivity index (χ4v) is 2.92. The molecular weight excluding hydrogens is 236 g/mol. The Morgan fingerprint density at radius 2 is 2.06 bits per heavy atom. The summed E-state index contributed by atoms with van der Waals surface area (Å²) in [5, 5.41) is 4.49. The topological polar surface area (TPSA) is 34.9 Å². The monoisotopic (exact) mass is 254 g/mol. The van der Waals surface area contributed by atoms with Crippen molar-refractivity contribution in [2.45, 2.75) is 44.9 Å². The lowest BCUT2D eigenvalue weighted by Gasteiger charge is -2.12. The van der Waals surface area contributed by atoms with E-state index in [4.69, 9.17) is 11.6 Å². The highest BCUT2D eigenvalue weighted by Gasteiger charge is 2.21. The number of nitrogens with zero attached hydrogens (tertiary/aromatic N) is 2. The highest BCUT2D eigenvalue weighted by atomic mass is 35.5. The minimum Gasteiger partial charge on any atom is -0.292 e. The zero-order valence-electron chi connectivity index (χ0n) is 10.3. The number of rotatable bonds is 3. The van der Waals surface area contributed by atoms with E-state index in [1.165, 1.54) is 38.5 Å². The third kappa shape index (κ3) is 3.09. The molecule has 1 fully saturated rings. The molecule has 1 saturated carbocycles. The zero-order valence-corrected chi connectivity index (χ0v) is 11.0. The Morgan fingerprint density at radius 1 is 1.41 bits per heavy atom. The summed E-state index contributed by atoms with van der Waals surface area (Å²) >= 11 is 5.99. The van der Waals surface area contributed by atoms with Crippen molar-refractivity contribution in [2.24, 2.45) is 13.0 Å². The van der Waals surface area contributed by atoms with Gasteiger partial charge in [-0.1, -0.05) is 50.1 Å². The summed E-state index contributed by atoms with van der Waals surface area (Å²) in [7, 11) is 1.77. The lowest BCUT2D eigenvalue weighted by Crippen LogP contribution is -2.12. The Balaban J connectivity index is 2.01. The molecule has 0 atom stereocenters. The van der Waals surface area contributed by atoms with Crippen LogP contribution < -0.4 is 0 Å². The van der Waals surface area contributed by atoms with E-state index in [0.717, 1.165) is 0 Å². The first-order valence-corrected chi connectivity index (χ1v) is 6.77. The Bertz CT molecular complexity index is 373. The maximum Gasteiger partial charge on any atom is 0.182 e. The van der Waals surface area contributed by atoms with E-state index in [-0.39, 0.29) is 5.78 Å². The molecule has 0 aromatic carbocycles. The van der Waals surface area contributed by atoms with Gasteiger partial charge in [0.05, 0.1) is 11.2 Å². The largest absolute Gasteiger partial charge is 0.292 e. The van der Waals surface area contributed by atoms with E-state index in [2.05, 4.69) is 5.10 Å². The van der Waals surface area contributed by atoms with Crippen molar-refractivity contribution in [1.29, 1.82) is 0 Å². The molecule has 0 amide bonds. The average molecular weight is 255 g/mol. The van der Waals surface area contributed by atoms with Gasteiger partial charge in [-0.05, 0) is 5.92 Å². The molecule has 94 valence electrons. The van der Waals surface area contributed by atoms with Crippen LogP contribution in [-0.4, -0.2) is 15.6 Å². The number of aromatic nitrogens is 2. The molecule has 0 unspecified atom stereocenters. The molecule has 0 radical (unpaired) electrons. The van der Waals surface area contributed by atoms with Gasteiger partial charge in [0.25, 0.3) is 0 Å². The van der Waals surface area contributed by atoms with Gasteiger partial charge < -0.3 is 0 Å². The number of hydrogen-bond donors (Lipinski definition) is 0. The summed E-state index contributed by atoms with van der Waals surface area (Å²) in [4.78, 5) is 12.2. The highest BCUT2D eigenvalue weighted by molar-refractivity contribution is 6.33. The molecule has 0 spiro atoms. The fourth-order valence-electron chi connectivity index (χ4n) is 2.65. The quantitative estimate of drug-likeness (QED) is 0.610. The van der Waals surface area contributed by atoms with Crippen LogP contribution in [-0.2, 0) is 7.05 Å². The van der Waals surface area contributed by atoms with Gasteiger partial charge in [-0.15, -0.1) is 0 Å². The van der Waals surface area contributed by atoms with E-state index in [1.54, 1.807) is 17.9 Å². The van der Waals surface area contributed by atoms with Gasteiger partial charge in [0.15, 0.2) is 5.78 Å². The number of hydrogen-bond acceptors (Lipinski definition) is 2. The SMILES string of the molecule is Cn1ncc(Cl)c1C(=O)CC1CCCCCC1. The number of aryl methyl sites for hydroxylation is 1. The van der Waals surface area contributed by atoms with Gasteiger partial charge >= 0.3 is 0 Å². The number of halogens is 1. The Labute approximate surface area is 107 Å². The first-order chi connectivity index (χ1) is 8.18. The van der Waals surface area contributed by atoms with Crippen LogP contribution in [0.5, 0.6) is 0 Å². The van der Waals surface area contributed by atoms with Crippen molar-refractivity contribution in [3.63, 3.8) is 0 Å². The van der Waals surface area contributed by atoms with Gasteiger partial charge in [-0.25, -0.2) is 0 Å². The van der Waals surface area contributed by atoms with Crippen molar-refractivity contribution < 1.29 is 4.79 Å². The lowest BCUT2D eigenvalue weighted by atomic mass is 9.93. The molecule has 1 aromatic heterocycles. The van der Waals surface area contributed by atoms with Gasteiger partial charge in [0.2, 0.25) is 0 Å². The number of carbonyl (C=O) groups is 1. The van der Waals surface area contributed by atoms with Crippen molar-refractivity contribution in [1.82, 2.24) is 9.78 Å². The lowest BCUT2D eigenvalue weighted by molar-refractivity contribution is 0.0948. The zero-order chi connectivity index (χ0) is 12.3. The van der Waals surface area contributed by atoms with Crippen LogP contribution in [0, 0.1) is 5.92 Å². The maximum atomic E-state index is 12.2. The molecule has 4 heteroatoms. The summed E-state index contributed by atoms with van der Waals surface area (Å²) in [6, 6.07) is 0. The van der Waals surface area contributed by atoms with Crippen LogP contribution in [0.4, 0.5) is 0 Å². The van der Waals surface area contributed by atoms with Gasteiger partial charge in [0.1, 0.15) is 5.69 Å². The van der Waals surface area contributed by atoms with Crippen LogP contribution >= 0.6 is 11.6 Å². The Morgan fingerprint density at radius 3 is 2.59 bits per heavy atom. The number of carbonyl (C=O) groups excluding carboxylic acids is 1. The first-order valence-electron chi connectivity index (χ1n) is 6.39. The van der Waals surface area contributed by atoms with Gasteiger partial charge in [-0.2, -0.15) is 5.10 Å². The predicted octanol–water partition coefficient (Wildman–Crippen LogP) is 3.62. The minimum absolute atomic E-state index is 0.141. The molecule has 1 aliphatic rings. The Hall–Kier alpha value is -0.830. The summed E-state index contributed by atoms with van der Waals surface area (Å²) in [5.41, 5.74) is 0.566. The van der Waals surface area contributed by atoms with Crippen molar-refractivity contribution in [3.8, 4) is 0 Å². The minimum atomic E-state index is 0.141. The van der Waals surface area contributed by atoms with Crippen LogP contribution in [0.15, 0.2) is 6.20 Å². The van der Waals surface area contributed by atoms with E-state index >= 15 is 0 Å². The van der Waals surface area contributed by atoms with Gasteiger partial charge in [0, 0.05) is 13.5 Å². The molecule has 3 nitrogen and oxygen atoms in total. The first kappa shape index (κ1) is 12.6. The molecule has 0 bridgehead atoms. The smallest absolute Gasteiger partial charge is 0.182 e. The predicted molar refractivity (Wildman–Crippen MR) is 68.4 cm³/mol. The highest BCUT2D eigenvalue weighted by Crippen LogP contribution is 2.27. The number of ketones is 1. The van der Waals surface area contributed by atoms with Gasteiger partial charge in [-0.3, -0.25) is 9.48 Å². The maximum absolute atomic E-state index is 12.2. The second-order valence-electron chi connectivity index (χ2n) is 4.95. The van der Waals surface area contributed by atoms with Crippen LogP contribution in [0.1, 0.15) is 55.4 Å². The molecule has 0 saturated heterocycles. The molecule has 2 rings (SSSR count). The van der Waals surface area contributed by atoms with E-state index in [0.29, 0.717) is 23.1 Å². The molecule has 17 heavy (non-hydrogen) atoms. The summed E-state index contributed by atoms with van der Waals surface area (Å²) in [5.74, 6) is 0.679. The summed E-state index contributed by atoms with van der Waals surface area (Å²) < 4.78 is 1.58. The molecule has 1 aliphatic carbocycles. The van der Waals surface area contributed by atoms with E-state index in [9.17, 15) is 4.79 Å². The molecular formula is C13H19ClN2O. The average Bonchev–Trinajstić information content (AvgIpc) is 2.53. The molecule has 1 aromatic rings. The van der Waals surface area contributed by atoms with Crippen LogP contribution in [0.2, 0.25) is 5.02 Å². The van der Waals surface area contributed by atoms with Crippen LogP contribution in [0.25, 0.3) is 0 Å². The van der Waals surface area contributed by atoms with E-state index < -0.39 is 0 Å². The molecule has 0 N–H and O–H groups in total. The molecule has 1 heterocycles. The van der Waals surface area contributed by atoms with Crippen molar-refractivity contribution in [3.05, 3.63) is 16.9 Å². The third-order valence-corrected chi connectivity index (χ3v) is 3.88. The van der Waals surface area contributed by atoms with E-state index in [1.807, 2.05) is 0 Å². The second-order valence-corrected chi connectivity index (χ2v) is 5.36. The summed E-state index contributed by atoms with van der Waals surface area (Å²) in [6.45, 7) is 0. The third-order valence-electron chi connectivity index (χ3n) is 3.61. The van der Waals surface area contributed by atoms with Crippen molar-refractivity contribution in [2.75, 3.05) is 0 Å². The normalized spacial score (nSPS) is 18.0.